The van der Waals surface area contributed by atoms with E-state index in [-0.39, 0.29) is 49.1 Å². The molecular weight excluding hydrogens is 587 g/mol. The third kappa shape index (κ3) is 5.51. The lowest BCUT2D eigenvalue weighted by Gasteiger charge is -2.12. The molecule has 3 rings (SSSR count). The van der Waals surface area contributed by atoms with Gasteiger partial charge in [0, 0.05) is 18.8 Å². The van der Waals surface area contributed by atoms with Crippen molar-refractivity contribution in [2.75, 3.05) is 6.54 Å². The molecule has 0 unspecified atom stereocenters. The monoisotopic (exact) mass is 601 g/mol. The summed E-state index contributed by atoms with van der Waals surface area (Å²) in [5.74, 6) is 0.282. The van der Waals surface area contributed by atoms with E-state index in [2.05, 4.69) is 26.3 Å². The van der Waals surface area contributed by atoms with Crippen LogP contribution in [0.5, 0.6) is 5.75 Å². The molecule has 0 atom stereocenters. The van der Waals surface area contributed by atoms with Gasteiger partial charge < -0.3 is 14.5 Å². The quantitative estimate of drug-likeness (QED) is 0.164. The first-order chi connectivity index (χ1) is 15.1. The third-order valence-electron chi connectivity index (χ3n) is 4.54. The molecule has 0 aliphatic rings. The lowest BCUT2D eigenvalue weighted by molar-refractivity contribution is 0.0920. The van der Waals surface area contributed by atoms with Crippen molar-refractivity contribution >= 4 is 79.8 Å². The Bertz CT molecular complexity index is 1130. The molecule has 1 amide bonds. The Balaban J connectivity index is 1.53. The lowest BCUT2D eigenvalue weighted by atomic mass is 10.3. The fourth-order valence-electron chi connectivity index (χ4n) is 2.84. The maximum Gasteiger partial charge on any atom is 0.286 e. The highest BCUT2D eigenvalue weighted by molar-refractivity contribution is 9.10. The first-order valence-electron chi connectivity index (χ1n) is 9.32. The Labute approximate surface area is 218 Å². The predicted octanol–water partition coefficient (Wildman–Crippen LogP) is 7.52. The first kappa shape index (κ1) is 25.5. The van der Waals surface area contributed by atoms with E-state index in [1.807, 2.05) is 18.5 Å². The number of nitrogens with zero attached hydrogens (tertiary/aromatic N) is 2. The van der Waals surface area contributed by atoms with Crippen LogP contribution in [0, 0.1) is 13.8 Å². The van der Waals surface area contributed by atoms with Crippen LogP contribution < -0.4 is 10.1 Å². The average Bonchev–Trinajstić information content (AvgIpc) is 3.34. The van der Waals surface area contributed by atoms with Crippen LogP contribution in [0.15, 0.2) is 21.0 Å². The van der Waals surface area contributed by atoms with E-state index in [0.717, 1.165) is 15.9 Å². The molecule has 1 aromatic carbocycles. The summed E-state index contributed by atoms with van der Waals surface area (Å²) >= 11 is 33.8. The molecule has 0 fully saturated rings. The topological polar surface area (TPSA) is 69.3 Å². The number of rotatable bonds is 8. The van der Waals surface area contributed by atoms with Gasteiger partial charge in [0.05, 0.1) is 25.2 Å². The van der Waals surface area contributed by atoms with E-state index < -0.39 is 0 Å². The minimum absolute atomic E-state index is 0.0325. The molecule has 0 saturated heterocycles. The number of halogens is 6. The number of ether oxygens (including phenoxy) is 1. The van der Waals surface area contributed by atoms with E-state index in [4.69, 9.17) is 67.2 Å². The number of carbonyl (C=O) groups excluding carboxylic acids is 1. The molecule has 0 bridgehead atoms. The van der Waals surface area contributed by atoms with Gasteiger partial charge in [-0.05, 0) is 48.3 Å². The van der Waals surface area contributed by atoms with Crippen LogP contribution in [0.25, 0.3) is 0 Å². The Hall–Kier alpha value is -1.09. The van der Waals surface area contributed by atoms with Crippen LogP contribution in [0.4, 0.5) is 0 Å². The molecule has 32 heavy (non-hydrogen) atoms. The van der Waals surface area contributed by atoms with Gasteiger partial charge in [-0.15, -0.1) is 0 Å². The number of aryl methyl sites for hydroxylation is 2. The summed E-state index contributed by atoms with van der Waals surface area (Å²) in [6.07, 6.45) is 0.714. The predicted molar refractivity (Wildman–Crippen MR) is 131 cm³/mol. The smallest absolute Gasteiger partial charge is 0.286 e. The molecule has 2 aromatic heterocycles. The van der Waals surface area contributed by atoms with E-state index in [0.29, 0.717) is 25.3 Å². The zero-order chi connectivity index (χ0) is 23.6. The standard InChI is InChI=1S/C20H17BrCl5N3O3/c1-9-13(21)10(2)29(28-9)7-3-6-27-20(30)12-5-4-11(32-12)8-31-19-17(25)15(23)14(22)16(24)18(19)26/h4-5H,3,6-8H2,1-2H3,(H,27,30). The Morgan fingerprint density at radius 3 is 2.31 bits per heavy atom. The van der Waals surface area contributed by atoms with Crippen LogP contribution in [-0.2, 0) is 13.2 Å². The molecule has 0 aliphatic heterocycles. The van der Waals surface area contributed by atoms with Gasteiger partial charge in [-0.3, -0.25) is 9.48 Å². The Morgan fingerprint density at radius 1 is 1.09 bits per heavy atom. The van der Waals surface area contributed by atoms with Crippen molar-refractivity contribution in [1.82, 2.24) is 15.1 Å². The van der Waals surface area contributed by atoms with E-state index in [9.17, 15) is 4.79 Å². The molecular formula is C20H17BrCl5N3O3. The molecule has 3 aromatic rings. The molecule has 12 heteroatoms. The molecule has 1 N–H and O–H groups in total. The summed E-state index contributed by atoms with van der Waals surface area (Å²) in [5.41, 5.74) is 1.98. The number of carbonyl (C=O) groups is 1. The number of hydrogen-bond acceptors (Lipinski definition) is 4. The summed E-state index contributed by atoms with van der Waals surface area (Å²) in [5, 5.41) is 7.43. The van der Waals surface area contributed by atoms with Crippen molar-refractivity contribution < 1.29 is 13.9 Å². The zero-order valence-corrected chi connectivity index (χ0v) is 22.2. The second kappa shape index (κ2) is 10.9. The molecule has 2 heterocycles. The van der Waals surface area contributed by atoms with Crippen molar-refractivity contribution in [2.45, 2.75) is 33.4 Å². The maximum absolute atomic E-state index is 12.3. The van der Waals surface area contributed by atoms with Gasteiger partial charge in [-0.1, -0.05) is 58.0 Å². The summed E-state index contributed by atoms with van der Waals surface area (Å²) in [7, 11) is 0. The van der Waals surface area contributed by atoms with Crippen LogP contribution in [-0.4, -0.2) is 22.2 Å². The highest BCUT2D eigenvalue weighted by atomic mass is 79.9. The second-order valence-electron chi connectivity index (χ2n) is 6.77. The minimum Gasteiger partial charge on any atom is -0.482 e. The van der Waals surface area contributed by atoms with E-state index in [1.165, 1.54) is 0 Å². The van der Waals surface area contributed by atoms with Crippen LogP contribution in [0.2, 0.25) is 25.1 Å². The largest absolute Gasteiger partial charge is 0.482 e. The number of nitrogens with one attached hydrogen (secondary N) is 1. The van der Waals surface area contributed by atoms with Crippen LogP contribution in [0.1, 0.15) is 34.1 Å². The summed E-state index contributed by atoms with van der Waals surface area (Å²) < 4.78 is 14.0. The second-order valence-corrected chi connectivity index (χ2v) is 9.45. The average molecular weight is 605 g/mol. The van der Waals surface area contributed by atoms with Gasteiger partial charge in [0.25, 0.3) is 5.91 Å². The number of furan rings is 1. The van der Waals surface area contributed by atoms with Gasteiger partial charge in [0.2, 0.25) is 0 Å². The first-order valence-corrected chi connectivity index (χ1v) is 12.0. The third-order valence-corrected chi connectivity index (χ3v) is 7.93. The van der Waals surface area contributed by atoms with Crippen molar-refractivity contribution in [3.05, 3.63) is 64.6 Å². The van der Waals surface area contributed by atoms with Crippen molar-refractivity contribution in [2.24, 2.45) is 0 Å². The van der Waals surface area contributed by atoms with Crippen LogP contribution >= 0.6 is 73.9 Å². The highest BCUT2D eigenvalue weighted by Crippen LogP contribution is 2.48. The maximum atomic E-state index is 12.3. The van der Waals surface area contributed by atoms with Gasteiger partial charge in [0.1, 0.15) is 22.4 Å². The fourth-order valence-corrected chi connectivity index (χ4v) is 4.36. The normalized spacial score (nSPS) is 11.1. The minimum atomic E-state index is -0.334. The fraction of sp³-hybridized carbons (Fsp3) is 0.300. The molecule has 6 nitrogen and oxygen atoms in total. The van der Waals surface area contributed by atoms with Crippen molar-refractivity contribution in [3.63, 3.8) is 0 Å². The van der Waals surface area contributed by atoms with Gasteiger partial charge in [-0.25, -0.2) is 0 Å². The van der Waals surface area contributed by atoms with Gasteiger partial charge in [0.15, 0.2) is 11.5 Å². The van der Waals surface area contributed by atoms with E-state index >= 15 is 0 Å². The molecule has 0 spiro atoms. The highest BCUT2D eigenvalue weighted by Gasteiger charge is 2.21. The SMILES string of the molecule is Cc1nn(CCCNC(=O)c2ccc(COc3c(Cl)c(Cl)c(Cl)c(Cl)c3Cl)o2)c(C)c1Br. The summed E-state index contributed by atoms with van der Waals surface area (Å²) in [6.45, 7) is 5.03. The summed E-state index contributed by atoms with van der Waals surface area (Å²) in [6, 6.07) is 3.17. The number of hydrogen-bond donors (Lipinski definition) is 1. The van der Waals surface area contributed by atoms with Crippen molar-refractivity contribution in [3.8, 4) is 5.75 Å². The van der Waals surface area contributed by atoms with Gasteiger partial charge in [-0.2, -0.15) is 5.10 Å². The Kier molecular flexibility index (Phi) is 8.69. The van der Waals surface area contributed by atoms with Gasteiger partial charge >= 0.3 is 0 Å². The zero-order valence-electron chi connectivity index (χ0n) is 16.9. The Morgan fingerprint density at radius 2 is 1.72 bits per heavy atom. The molecule has 0 saturated carbocycles. The number of benzene rings is 1. The van der Waals surface area contributed by atoms with Crippen LogP contribution in [0.3, 0.4) is 0 Å². The number of aromatic nitrogens is 2. The lowest BCUT2D eigenvalue weighted by Crippen LogP contribution is -2.25. The van der Waals surface area contributed by atoms with Crippen molar-refractivity contribution in [1.29, 1.82) is 0 Å². The molecule has 172 valence electrons. The molecule has 0 radical (unpaired) electrons. The molecule has 0 aliphatic carbocycles. The van der Waals surface area contributed by atoms with E-state index in [1.54, 1.807) is 12.1 Å². The number of amides is 1. The summed E-state index contributed by atoms with van der Waals surface area (Å²) in [4.78, 5) is 12.3.